The van der Waals surface area contributed by atoms with Crippen molar-refractivity contribution < 1.29 is 0 Å². The quantitative estimate of drug-likeness (QED) is 0.567. The summed E-state index contributed by atoms with van der Waals surface area (Å²) >= 11 is 0. The molecule has 0 spiro atoms. The summed E-state index contributed by atoms with van der Waals surface area (Å²) in [6.45, 7) is 4.32. The molecule has 0 heterocycles. The molecule has 0 aromatic carbocycles. The molecule has 0 N–H and O–H groups in total. The van der Waals surface area contributed by atoms with Gasteiger partial charge < -0.3 is 0 Å². The first-order valence-corrected chi connectivity index (χ1v) is 5.01. The lowest BCUT2D eigenvalue weighted by molar-refractivity contribution is 0.821. The number of allylic oxidation sites excluding steroid dienone is 8. The summed E-state index contributed by atoms with van der Waals surface area (Å²) in [6, 6.07) is 0. The van der Waals surface area contributed by atoms with Crippen LogP contribution in [-0.4, -0.2) is 0 Å². The summed E-state index contributed by atoms with van der Waals surface area (Å²) in [5.74, 6) is 0.602. The molecule has 1 aliphatic carbocycles. The smallest absolute Gasteiger partial charge is 0.00125 e. The van der Waals surface area contributed by atoms with E-state index in [0.29, 0.717) is 5.92 Å². The average molecular weight is 174 g/mol. The second-order valence-corrected chi connectivity index (χ2v) is 3.43. The second-order valence-electron chi connectivity index (χ2n) is 3.43. The molecule has 0 saturated carbocycles. The molecule has 0 nitrogen and oxygen atoms in total. The molecule has 0 saturated heterocycles. The van der Waals surface area contributed by atoms with E-state index >= 15 is 0 Å². The Morgan fingerprint density at radius 2 is 2.31 bits per heavy atom. The maximum Gasteiger partial charge on any atom is -0.00125 e. The van der Waals surface area contributed by atoms with Crippen molar-refractivity contribution in [1.29, 1.82) is 0 Å². The van der Waals surface area contributed by atoms with Gasteiger partial charge in [-0.3, -0.25) is 0 Å². The summed E-state index contributed by atoms with van der Waals surface area (Å²) in [7, 11) is 0. The van der Waals surface area contributed by atoms with Crippen LogP contribution in [0.4, 0.5) is 0 Å². The SMILES string of the molecule is CCC=C(C)C=CC1C=CC=CC1. The molecule has 0 aromatic rings. The minimum Gasteiger partial charge on any atom is -0.0837 e. The van der Waals surface area contributed by atoms with Crippen molar-refractivity contribution in [2.24, 2.45) is 5.92 Å². The minimum atomic E-state index is 0.602. The van der Waals surface area contributed by atoms with Gasteiger partial charge in [-0.1, -0.05) is 55.0 Å². The van der Waals surface area contributed by atoms with E-state index < -0.39 is 0 Å². The van der Waals surface area contributed by atoms with E-state index in [2.05, 4.69) is 56.4 Å². The zero-order chi connectivity index (χ0) is 9.52. The molecule has 0 heteroatoms. The highest BCUT2D eigenvalue weighted by Crippen LogP contribution is 2.13. The van der Waals surface area contributed by atoms with Crippen molar-refractivity contribution in [2.45, 2.75) is 26.7 Å². The monoisotopic (exact) mass is 174 g/mol. The van der Waals surface area contributed by atoms with Gasteiger partial charge in [-0.05, 0) is 25.7 Å². The lowest BCUT2D eigenvalue weighted by Crippen LogP contribution is -1.91. The molecule has 0 amide bonds. The molecule has 1 rings (SSSR count). The Morgan fingerprint density at radius 3 is 2.92 bits per heavy atom. The van der Waals surface area contributed by atoms with Crippen molar-refractivity contribution in [2.75, 3.05) is 0 Å². The Hall–Kier alpha value is -1.04. The van der Waals surface area contributed by atoms with Gasteiger partial charge >= 0.3 is 0 Å². The van der Waals surface area contributed by atoms with Gasteiger partial charge in [0.25, 0.3) is 0 Å². The van der Waals surface area contributed by atoms with Crippen molar-refractivity contribution in [3.8, 4) is 0 Å². The highest BCUT2D eigenvalue weighted by atomic mass is 14.0. The van der Waals surface area contributed by atoms with Crippen LogP contribution in [0, 0.1) is 5.92 Å². The van der Waals surface area contributed by atoms with Crippen LogP contribution in [0.2, 0.25) is 0 Å². The van der Waals surface area contributed by atoms with Crippen molar-refractivity contribution in [1.82, 2.24) is 0 Å². The number of rotatable bonds is 3. The predicted molar refractivity (Wildman–Crippen MR) is 59.6 cm³/mol. The Kier molecular flexibility index (Phi) is 4.31. The van der Waals surface area contributed by atoms with E-state index in [4.69, 9.17) is 0 Å². The lowest BCUT2D eigenvalue weighted by Gasteiger charge is -2.06. The minimum absolute atomic E-state index is 0.602. The zero-order valence-corrected chi connectivity index (χ0v) is 8.53. The third kappa shape index (κ3) is 3.93. The second kappa shape index (κ2) is 5.58. The van der Waals surface area contributed by atoms with E-state index in [9.17, 15) is 0 Å². The first kappa shape index (κ1) is 10.0. The third-order valence-electron chi connectivity index (χ3n) is 2.15. The van der Waals surface area contributed by atoms with Crippen LogP contribution in [0.5, 0.6) is 0 Å². The van der Waals surface area contributed by atoms with Crippen molar-refractivity contribution >= 4 is 0 Å². The highest BCUT2D eigenvalue weighted by Gasteiger charge is 1.98. The van der Waals surface area contributed by atoms with Crippen LogP contribution >= 0.6 is 0 Å². The topological polar surface area (TPSA) is 0 Å². The predicted octanol–water partition coefficient (Wildman–Crippen LogP) is 4.03. The van der Waals surface area contributed by atoms with Gasteiger partial charge in [-0.15, -0.1) is 0 Å². The van der Waals surface area contributed by atoms with E-state index in [1.165, 1.54) is 5.57 Å². The van der Waals surface area contributed by atoms with E-state index in [1.807, 2.05) is 0 Å². The first-order valence-electron chi connectivity index (χ1n) is 5.01. The summed E-state index contributed by atoms with van der Waals surface area (Å²) < 4.78 is 0. The first-order chi connectivity index (χ1) is 6.33. The molecule has 0 fully saturated rings. The summed E-state index contributed by atoms with van der Waals surface area (Å²) in [5.41, 5.74) is 1.37. The van der Waals surface area contributed by atoms with Crippen LogP contribution < -0.4 is 0 Å². The molecule has 13 heavy (non-hydrogen) atoms. The van der Waals surface area contributed by atoms with E-state index in [-0.39, 0.29) is 0 Å². The molecule has 70 valence electrons. The van der Waals surface area contributed by atoms with Gasteiger partial charge in [-0.25, -0.2) is 0 Å². The van der Waals surface area contributed by atoms with Crippen molar-refractivity contribution in [3.05, 3.63) is 48.1 Å². The fourth-order valence-corrected chi connectivity index (χ4v) is 1.41. The zero-order valence-electron chi connectivity index (χ0n) is 8.53. The molecule has 0 aromatic heterocycles. The largest absolute Gasteiger partial charge is 0.0837 e. The maximum atomic E-state index is 2.28. The Bertz CT molecular complexity index is 251. The van der Waals surface area contributed by atoms with E-state index in [0.717, 1.165) is 12.8 Å². The molecule has 1 aliphatic rings. The van der Waals surface area contributed by atoms with E-state index in [1.54, 1.807) is 0 Å². The molecular formula is C13H18. The summed E-state index contributed by atoms with van der Waals surface area (Å²) in [5, 5.41) is 0. The maximum absolute atomic E-state index is 2.28. The highest BCUT2D eigenvalue weighted by molar-refractivity contribution is 5.21. The number of hydrogen-bond acceptors (Lipinski definition) is 0. The summed E-state index contributed by atoms with van der Waals surface area (Å²) in [4.78, 5) is 0. The molecular weight excluding hydrogens is 156 g/mol. The molecule has 0 radical (unpaired) electrons. The fraction of sp³-hybridized carbons (Fsp3) is 0.385. The standard InChI is InChI=1S/C13H18/c1-3-7-12(2)10-11-13-8-5-4-6-9-13/h4-8,10-11,13H,3,9H2,1-2H3. The van der Waals surface area contributed by atoms with Gasteiger partial charge in [0.05, 0.1) is 0 Å². The van der Waals surface area contributed by atoms with Gasteiger partial charge in [0.2, 0.25) is 0 Å². The average Bonchev–Trinajstić information content (AvgIpc) is 2.17. The molecule has 1 unspecified atom stereocenters. The van der Waals surface area contributed by atoms with Crippen LogP contribution in [-0.2, 0) is 0 Å². The van der Waals surface area contributed by atoms with Crippen molar-refractivity contribution in [3.63, 3.8) is 0 Å². The van der Waals surface area contributed by atoms with Gasteiger partial charge in [-0.2, -0.15) is 0 Å². The normalized spacial score (nSPS) is 22.9. The van der Waals surface area contributed by atoms with Crippen LogP contribution in [0.25, 0.3) is 0 Å². The van der Waals surface area contributed by atoms with Crippen LogP contribution in [0.3, 0.4) is 0 Å². The van der Waals surface area contributed by atoms with Gasteiger partial charge in [0, 0.05) is 0 Å². The number of hydrogen-bond donors (Lipinski definition) is 0. The van der Waals surface area contributed by atoms with Crippen LogP contribution in [0.15, 0.2) is 48.1 Å². The molecule has 0 bridgehead atoms. The van der Waals surface area contributed by atoms with Gasteiger partial charge in [0.1, 0.15) is 0 Å². The Balaban J connectivity index is 2.44. The van der Waals surface area contributed by atoms with Gasteiger partial charge in [0.15, 0.2) is 0 Å². The summed E-state index contributed by atoms with van der Waals surface area (Å²) in [6.07, 6.45) is 17.7. The lowest BCUT2D eigenvalue weighted by atomic mass is 9.99. The Labute approximate surface area is 81.4 Å². The molecule has 1 atom stereocenters. The Morgan fingerprint density at radius 1 is 1.46 bits per heavy atom. The fourth-order valence-electron chi connectivity index (χ4n) is 1.41. The third-order valence-corrected chi connectivity index (χ3v) is 2.15. The molecule has 0 aliphatic heterocycles. The van der Waals surface area contributed by atoms with Crippen LogP contribution in [0.1, 0.15) is 26.7 Å².